The third-order valence-corrected chi connectivity index (χ3v) is 7.69. The molecule has 10 heteroatoms. The van der Waals surface area contributed by atoms with Crippen molar-refractivity contribution in [3.05, 3.63) is 71.4 Å². The molecule has 2 atom stereocenters. The van der Waals surface area contributed by atoms with Gasteiger partial charge in [0.05, 0.1) is 17.0 Å². The van der Waals surface area contributed by atoms with Crippen molar-refractivity contribution in [3.63, 3.8) is 0 Å². The molecule has 0 saturated carbocycles. The van der Waals surface area contributed by atoms with Crippen LogP contribution in [0.25, 0.3) is 16.8 Å². The summed E-state index contributed by atoms with van der Waals surface area (Å²) in [6.07, 6.45) is 9.86. The second-order valence-corrected chi connectivity index (χ2v) is 10.4. The van der Waals surface area contributed by atoms with Crippen LogP contribution in [0.3, 0.4) is 0 Å². The molecule has 1 amide bonds. The van der Waals surface area contributed by atoms with E-state index in [1.165, 1.54) is 0 Å². The van der Waals surface area contributed by atoms with Crippen molar-refractivity contribution >= 4 is 34.0 Å². The Kier molecular flexibility index (Phi) is 6.55. The number of amides is 1. The molecule has 0 bridgehead atoms. The predicted octanol–water partition coefficient (Wildman–Crippen LogP) is 4.06. The Bertz CT molecular complexity index is 1470. The highest BCUT2D eigenvalue weighted by atomic mass is 32.2. The summed E-state index contributed by atoms with van der Waals surface area (Å²) >= 11 is 0. The van der Waals surface area contributed by atoms with Crippen LogP contribution in [-0.2, 0) is 11.0 Å². The van der Waals surface area contributed by atoms with Crippen LogP contribution in [0.4, 0.5) is 11.6 Å². The first-order chi connectivity index (χ1) is 17.3. The molecule has 36 heavy (non-hydrogen) atoms. The van der Waals surface area contributed by atoms with Gasteiger partial charge in [0, 0.05) is 42.5 Å². The highest BCUT2D eigenvalue weighted by Gasteiger charge is 2.31. The lowest BCUT2D eigenvalue weighted by Gasteiger charge is -2.32. The summed E-state index contributed by atoms with van der Waals surface area (Å²) < 4.78 is 16.5. The number of rotatable bonds is 5. The first kappa shape index (κ1) is 24.1. The van der Waals surface area contributed by atoms with Crippen LogP contribution in [0.15, 0.2) is 48.9 Å². The number of piperidine rings is 1. The topological polar surface area (TPSA) is 119 Å². The largest absolute Gasteiger partial charge is 0.382 e. The number of aryl methyl sites for hydroxylation is 2. The van der Waals surface area contributed by atoms with E-state index in [-0.39, 0.29) is 11.9 Å². The molecule has 1 unspecified atom stereocenters. The molecule has 4 aromatic rings. The van der Waals surface area contributed by atoms with Crippen LogP contribution in [0.5, 0.6) is 0 Å². The Balaban J connectivity index is 1.54. The van der Waals surface area contributed by atoms with E-state index in [1.807, 2.05) is 46.9 Å². The zero-order valence-electron chi connectivity index (χ0n) is 20.6. The molecular formula is C26H29N7O2S. The zero-order valence-corrected chi connectivity index (χ0v) is 21.4. The van der Waals surface area contributed by atoms with Gasteiger partial charge in [0.2, 0.25) is 0 Å². The average Bonchev–Trinajstić information content (AvgIpc) is 3.26. The minimum atomic E-state index is -1.11. The van der Waals surface area contributed by atoms with Crippen LogP contribution in [0.1, 0.15) is 52.6 Å². The fourth-order valence-corrected chi connectivity index (χ4v) is 5.73. The van der Waals surface area contributed by atoms with Crippen molar-refractivity contribution in [2.45, 2.75) is 39.2 Å². The van der Waals surface area contributed by atoms with E-state index in [9.17, 15) is 9.00 Å². The second kappa shape index (κ2) is 9.79. The van der Waals surface area contributed by atoms with Gasteiger partial charge in [-0.05, 0) is 56.0 Å². The SMILES string of the molecule is Cc1ccc(NC(=O)c2ccc(-c3nc([C@@H]4CCCCN4S(C)=O)n4ccnc(N)c34)c(C)c2)nc1. The predicted molar refractivity (Wildman–Crippen MR) is 142 cm³/mol. The van der Waals surface area contributed by atoms with Gasteiger partial charge >= 0.3 is 0 Å². The van der Waals surface area contributed by atoms with E-state index in [0.29, 0.717) is 28.4 Å². The lowest BCUT2D eigenvalue weighted by Crippen LogP contribution is -2.35. The Morgan fingerprint density at radius 3 is 2.72 bits per heavy atom. The molecule has 0 radical (unpaired) electrons. The van der Waals surface area contributed by atoms with Crippen molar-refractivity contribution in [2.75, 3.05) is 23.9 Å². The van der Waals surface area contributed by atoms with Crippen LogP contribution in [-0.4, -0.2) is 46.6 Å². The Labute approximate surface area is 212 Å². The maximum absolute atomic E-state index is 12.8. The number of nitrogens with one attached hydrogen (secondary N) is 1. The Morgan fingerprint density at radius 2 is 2.00 bits per heavy atom. The standard InChI is InChI=1S/C26H29N7O2S/c1-16-7-10-21(29-15-16)30-26(34)18-8-9-19(17(2)14-18)22-23-24(27)28-11-13-32(23)25(31-22)20-6-4-5-12-33(20)36(3)35/h7-11,13-15,20H,4-6,12H2,1-3H3,(H2,27,28)(H,29,30,34)/t20-,36?/m0/s1. The summed E-state index contributed by atoms with van der Waals surface area (Å²) in [5.74, 6) is 1.44. The number of nitrogens with two attached hydrogens (primary N) is 1. The minimum Gasteiger partial charge on any atom is -0.382 e. The average molecular weight is 504 g/mol. The number of imidazole rings is 1. The molecule has 1 fully saturated rings. The Morgan fingerprint density at radius 1 is 1.17 bits per heavy atom. The maximum Gasteiger partial charge on any atom is 0.256 e. The van der Waals surface area contributed by atoms with E-state index >= 15 is 0 Å². The molecule has 4 heterocycles. The van der Waals surface area contributed by atoms with Gasteiger partial charge in [0.1, 0.15) is 28.7 Å². The lowest BCUT2D eigenvalue weighted by atomic mass is 10.0. The molecule has 3 N–H and O–H groups in total. The fourth-order valence-electron chi connectivity index (χ4n) is 4.78. The van der Waals surface area contributed by atoms with Crippen LogP contribution < -0.4 is 11.1 Å². The summed E-state index contributed by atoms with van der Waals surface area (Å²) in [7, 11) is -1.11. The van der Waals surface area contributed by atoms with Crippen molar-refractivity contribution in [3.8, 4) is 11.3 Å². The number of carbonyl (C=O) groups is 1. The number of hydrogen-bond acceptors (Lipinski definition) is 6. The van der Waals surface area contributed by atoms with E-state index in [2.05, 4.69) is 15.3 Å². The summed E-state index contributed by atoms with van der Waals surface area (Å²) in [6.45, 7) is 4.65. The van der Waals surface area contributed by atoms with Gasteiger partial charge in [-0.1, -0.05) is 18.6 Å². The third-order valence-electron chi connectivity index (χ3n) is 6.59. The highest BCUT2D eigenvalue weighted by molar-refractivity contribution is 7.81. The van der Waals surface area contributed by atoms with Gasteiger partial charge in [-0.2, -0.15) is 0 Å². The molecule has 1 aromatic carbocycles. The van der Waals surface area contributed by atoms with Gasteiger partial charge in [0.15, 0.2) is 0 Å². The first-order valence-electron chi connectivity index (χ1n) is 11.9. The second-order valence-electron chi connectivity index (χ2n) is 9.13. The maximum atomic E-state index is 12.8. The number of nitrogen functional groups attached to an aromatic ring is 1. The number of pyridine rings is 1. The summed E-state index contributed by atoms with van der Waals surface area (Å²) in [5.41, 5.74) is 11.0. The molecule has 3 aromatic heterocycles. The molecular weight excluding hydrogens is 474 g/mol. The molecule has 0 aliphatic carbocycles. The van der Waals surface area contributed by atoms with Gasteiger partial charge < -0.3 is 11.1 Å². The summed E-state index contributed by atoms with van der Waals surface area (Å²) in [5, 5.41) is 2.84. The summed E-state index contributed by atoms with van der Waals surface area (Å²) in [4.78, 5) is 26.4. The van der Waals surface area contributed by atoms with Crippen LogP contribution in [0.2, 0.25) is 0 Å². The van der Waals surface area contributed by atoms with E-state index in [4.69, 9.17) is 10.7 Å². The first-order valence-corrected chi connectivity index (χ1v) is 13.4. The molecule has 1 aliphatic heterocycles. The molecule has 9 nitrogen and oxygen atoms in total. The van der Waals surface area contributed by atoms with E-state index in [1.54, 1.807) is 30.8 Å². The van der Waals surface area contributed by atoms with Crippen molar-refractivity contribution < 1.29 is 9.00 Å². The molecule has 1 aliphatic rings. The van der Waals surface area contributed by atoms with Crippen molar-refractivity contribution in [2.24, 2.45) is 0 Å². The highest BCUT2D eigenvalue weighted by Crippen LogP contribution is 2.37. The Hall–Kier alpha value is -3.63. The smallest absolute Gasteiger partial charge is 0.256 e. The van der Waals surface area contributed by atoms with Crippen molar-refractivity contribution in [1.29, 1.82) is 0 Å². The third kappa shape index (κ3) is 4.49. The molecule has 0 spiro atoms. The van der Waals surface area contributed by atoms with E-state index in [0.717, 1.165) is 48.3 Å². The lowest BCUT2D eigenvalue weighted by molar-refractivity contribution is 0.102. The summed E-state index contributed by atoms with van der Waals surface area (Å²) in [6, 6.07) is 9.10. The number of hydrogen-bond donors (Lipinski definition) is 2. The van der Waals surface area contributed by atoms with Gasteiger partial charge in [0.25, 0.3) is 5.91 Å². The number of carbonyl (C=O) groups excluding carboxylic acids is 1. The quantitative estimate of drug-likeness (QED) is 0.424. The van der Waals surface area contributed by atoms with E-state index < -0.39 is 11.0 Å². The van der Waals surface area contributed by atoms with Gasteiger partial charge in [-0.15, -0.1) is 0 Å². The number of nitrogens with zero attached hydrogens (tertiary/aromatic N) is 5. The molecule has 5 rings (SSSR count). The fraction of sp³-hybridized carbons (Fsp3) is 0.308. The molecule has 186 valence electrons. The zero-order chi connectivity index (χ0) is 25.4. The number of aromatic nitrogens is 4. The monoisotopic (exact) mass is 503 g/mol. The number of anilines is 2. The number of fused-ring (bicyclic) bond motifs is 1. The minimum absolute atomic E-state index is 0.0833. The van der Waals surface area contributed by atoms with Crippen molar-refractivity contribution in [1.82, 2.24) is 23.7 Å². The molecule has 1 saturated heterocycles. The van der Waals surface area contributed by atoms with Gasteiger partial charge in [-0.3, -0.25) is 9.20 Å². The normalized spacial score (nSPS) is 17.2. The van der Waals surface area contributed by atoms with Crippen LogP contribution >= 0.6 is 0 Å². The number of benzene rings is 1. The van der Waals surface area contributed by atoms with Crippen LogP contribution in [0, 0.1) is 13.8 Å². The van der Waals surface area contributed by atoms with Gasteiger partial charge in [-0.25, -0.2) is 23.5 Å².